The van der Waals surface area contributed by atoms with Gasteiger partial charge < -0.3 is 24.4 Å². The Morgan fingerprint density at radius 2 is 1.74 bits per heavy atom. The van der Waals surface area contributed by atoms with Crippen LogP contribution in [0.25, 0.3) is 0 Å². The van der Waals surface area contributed by atoms with Crippen molar-refractivity contribution in [3.05, 3.63) is 54.1 Å². The van der Waals surface area contributed by atoms with Crippen molar-refractivity contribution in [3.8, 4) is 0 Å². The van der Waals surface area contributed by atoms with Gasteiger partial charge in [-0.1, -0.05) is 24.3 Å². The molecule has 1 aliphatic heterocycles. The van der Waals surface area contributed by atoms with Crippen molar-refractivity contribution >= 4 is 18.9 Å². The van der Waals surface area contributed by atoms with Crippen LogP contribution in [-0.2, 0) is 9.31 Å². The second-order valence-electron chi connectivity index (χ2n) is 3.91. The zero-order valence-corrected chi connectivity index (χ0v) is 10.2. The molecule has 98 valence electrons. The molecule has 0 bridgehead atoms. The zero-order chi connectivity index (χ0) is 13.8. The van der Waals surface area contributed by atoms with E-state index in [1.807, 2.05) is 0 Å². The topological polar surface area (TPSA) is 79.2 Å². The summed E-state index contributed by atoms with van der Waals surface area (Å²) in [5, 5.41) is 19.2. The van der Waals surface area contributed by atoms with Gasteiger partial charge in [0.15, 0.2) is 0 Å². The van der Waals surface area contributed by atoms with Crippen molar-refractivity contribution in [2.45, 2.75) is 0 Å². The van der Waals surface area contributed by atoms with Gasteiger partial charge in [0.1, 0.15) is 6.29 Å². The molecule has 0 saturated carbocycles. The van der Waals surface area contributed by atoms with E-state index in [0.717, 1.165) is 0 Å². The largest absolute Gasteiger partial charge is 0.637 e. The molecule has 1 aromatic rings. The van der Waals surface area contributed by atoms with Crippen LogP contribution in [0.2, 0.25) is 0 Å². The standard InChI is InChI=1S/C12H12BNO5/c1-14-6-11(16)18-13(19-12(17)7-14)10-5-3-2-4-9(10)8-15/h2-8,16-17H,1H3. The maximum atomic E-state index is 11.0. The Labute approximate surface area is 110 Å². The van der Waals surface area contributed by atoms with Crippen molar-refractivity contribution in [2.24, 2.45) is 0 Å². The van der Waals surface area contributed by atoms with Gasteiger partial charge in [0.25, 0.3) is 11.9 Å². The summed E-state index contributed by atoms with van der Waals surface area (Å²) < 4.78 is 10.3. The van der Waals surface area contributed by atoms with E-state index in [4.69, 9.17) is 9.31 Å². The molecule has 0 unspecified atom stereocenters. The van der Waals surface area contributed by atoms with Crippen molar-refractivity contribution in [1.29, 1.82) is 0 Å². The summed E-state index contributed by atoms with van der Waals surface area (Å²) in [6, 6.07) is 6.58. The zero-order valence-electron chi connectivity index (χ0n) is 10.2. The Kier molecular flexibility index (Phi) is 3.65. The summed E-state index contributed by atoms with van der Waals surface area (Å²) in [7, 11) is 0.473. The third-order valence-corrected chi connectivity index (χ3v) is 2.46. The molecule has 0 aromatic heterocycles. The van der Waals surface area contributed by atoms with E-state index in [1.165, 1.54) is 17.3 Å². The number of benzene rings is 1. The highest BCUT2D eigenvalue weighted by molar-refractivity contribution is 6.63. The fourth-order valence-electron chi connectivity index (χ4n) is 1.65. The third kappa shape index (κ3) is 3.01. The van der Waals surface area contributed by atoms with E-state index in [-0.39, 0.29) is 0 Å². The Balaban J connectivity index is 2.36. The normalized spacial score (nSPS) is 15.4. The number of hydrogen-bond donors (Lipinski definition) is 2. The Morgan fingerprint density at radius 1 is 1.16 bits per heavy atom. The number of carbonyl (C=O) groups is 1. The number of hydrogen-bond acceptors (Lipinski definition) is 6. The number of aldehydes is 1. The molecule has 2 N–H and O–H groups in total. The van der Waals surface area contributed by atoms with Crippen LogP contribution in [0.4, 0.5) is 0 Å². The number of aliphatic hydroxyl groups is 2. The molecule has 0 spiro atoms. The van der Waals surface area contributed by atoms with E-state index in [0.29, 0.717) is 17.3 Å². The SMILES string of the molecule is CN1C=C(O)OB(c2ccccc2C=O)OC(O)=C1. The minimum atomic E-state index is -1.11. The first-order valence-corrected chi connectivity index (χ1v) is 5.51. The van der Waals surface area contributed by atoms with Crippen LogP contribution in [0.1, 0.15) is 10.4 Å². The molecule has 19 heavy (non-hydrogen) atoms. The van der Waals surface area contributed by atoms with Crippen LogP contribution in [0.3, 0.4) is 0 Å². The van der Waals surface area contributed by atoms with Crippen LogP contribution in [0.5, 0.6) is 0 Å². The maximum Gasteiger partial charge on any atom is 0.637 e. The Bertz CT molecular complexity index is 521. The van der Waals surface area contributed by atoms with Crippen LogP contribution in [-0.4, -0.2) is 35.6 Å². The molecule has 0 radical (unpaired) electrons. The minimum Gasteiger partial charge on any atom is -0.494 e. The van der Waals surface area contributed by atoms with Gasteiger partial charge in [-0.05, 0) is 0 Å². The third-order valence-electron chi connectivity index (χ3n) is 2.46. The first-order valence-electron chi connectivity index (χ1n) is 5.51. The van der Waals surface area contributed by atoms with E-state index in [1.54, 1.807) is 31.3 Å². The molecule has 0 saturated heterocycles. The number of aliphatic hydroxyl groups excluding tert-OH is 2. The molecule has 7 heteroatoms. The highest BCUT2D eigenvalue weighted by atomic mass is 16.7. The van der Waals surface area contributed by atoms with Crippen molar-refractivity contribution in [2.75, 3.05) is 7.05 Å². The predicted octanol–water partition coefficient (Wildman–Crippen LogP) is 0.887. The van der Waals surface area contributed by atoms with Gasteiger partial charge in [-0.3, -0.25) is 4.79 Å². The van der Waals surface area contributed by atoms with Gasteiger partial charge in [0, 0.05) is 18.1 Å². The number of nitrogens with zero attached hydrogens (tertiary/aromatic N) is 1. The smallest absolute Gasteiger partial charge is 0.494 e. The lowest BCUT2D eigenvalue weighted by molar-refractivity contribution is 0.111. The molecule has 1 heterocycles. The lowest BCUT2D eigenvalue weighted by atomic mass is 9.76. The van der Waals surface area contributed by atoms with Crippen LogP contribution >= 0.6 is 0 Å². The number of rotatable bonds is 2. The molecule has 0 amide bonds. The second kappa shape index (κ2) is 5.39. The van der Waals surface area contributed by atoms with Crippen LogP contribution < -0.4 is 5.46 Å². The molecular formula is C12H12BNO5. The Morgan fingerprint density at radius 3 is 2.32 bits per heavy atom. The van der Waals surface area contributed by atoms with Gasteiger partial charge in [-0.25, -0.2) is 0 Å². The minimum absolute atomic E-state index is 0.349. The van der Waals surface area contributed by atoms with E-state index >= 15 is 0 Å². The monoisotopic (exact) mass is 261 g/mol. The van der Waals surface area contributed by atoms with Crippen molar-refractivity contribution in [3.63, 3.8) is 0 Å². The molecule has 0 aliphatic carbocycles. The molecule has 1 aliphatic rings. The average Bonchev–Trinajstić information content (AvgIpc) is 2.35. The van der Waals surface area contributed by atoms with E-state index < -0.39 is 19.0 Å². The predicted molar refractivity (Wildman–Crippen MR) is 68.6 cm³/mol. The lowest BCUT2D eigenvalue weighted by Crippen LogP contribution is -2.39. The van der Waals surface area contributed by atoms with Gasteiger partial charge >= 0.3 is 7.12 Å². The molecular weight excluding hydrogens is 249 g/mol. The second-order valence-corrected chi connectivity index (χ2v) is 3.91. The van der Waals surface area contributed by atoms with E-state index in [9.17, 15) is 15.0 Å². The Hall–Kier alpha value is -2.57. The summed E-state index contributed by atoms with van der Waals surface area (Å²) in [4.78, 5) is 12.3. The summed E-state index contributed by atoms with van der Waals surface area (Å²) in [6.45, 7) is 0. The fraction of sp³-hybridized carbons (Fsp3) is 0.0833. The average molecular weight is 261 g/mol. The maximum absolute atomic E-state index is 11.0. The first-order chi connectivity index (χ1) is 9.10. The van der Waals surface area contributed by atoms with E-state index in [2.05, 4.69) is 0 Å². The van der Waals surface area contributed by atoms with Crippen molar-refractivity contribution < 1.29 is 24.3 Å². The molecule has 0 fully saturated rings. The molecule has 1 aromatic carbocycles. The summed E-state index contributed by atoms with van der Waals surface area (Å²) >= 11 is 0. The first kappa shape index (κ1) is 12.9. The summed E-state index contributed by atoms with van der Waals surface area (Å²) in [6.07, 6.45) is 3.17. The van der Waals surface area contributed by atoms with Gasteiger partial charge in [0.2, 0.25) is 0 Å². The highest BCUT2D eigenvalue weighted by Gasteiger charge is 2.31. The summed E-state index contributed by atoms with van der Waals surface area (Å²) in [5.74, 6) is -0.783. The summed E-state index contributed by atoms with van der Waals surface area (Å²) in [5.41, 5.74) is 0.754. The fourth-order valence-corrected chi connectivity index (χ4v) is 1.65. The van der Waals surface area contributed by atoms with Crippen LogP contribution in [0.15, 0.2) is 48.6 Å². The highest BCUT2D eigenvalue weighted by Crippen LogP contribution is 2.10. The van der Waals surface area contributed by atoms with Gasteiger partial charge in [0.05, 0.1) is 12.4 Å². The molecule has 6 nitrogen and oxygen atoms in total. The van der Waals surface area contributed by atoms with Crippen LogP contribution in [0, 0.1) is 0 Å². The molecule has 2 rings (SSSR count). The van der Waals surface area contributed by atoms with Gasteiger partial charge in [-0.2, -0.15) is 0 Å². The molecule has 0 atom stereocenters. The quantitative estimate of drug-likeness (QED) is 0.607. The van der Waals surface area contributed by atoms with Gasteiger partial charge in [-0.15, -0.1) is 0 Å². The van der Waals surface area contributed by atoms with Crippen molar-refractivity contribution in [1.82, 2.24) is 4.90 Å². The lowest BCUT2D eigenvalue weighted by Gasteiger charge is -2.20. The number of carbonyl (C=O) groups excluding carboxylic acids is 1.